The number of Topliss-reactive ketones (excluding diaryl/α,β-unsaturated/α-hetero) is 1. The molecule has 1 amide bonds. The Balaban J connectivity index is 1.95. The lowest BCUT2D eigenvalue weighted by molar-refractivity contribution is -0.142. The van der Waals surface area contributed by atoms with Crippen LogP contribution in [0.3, 0.4) is 0 Å². The van der Waals surface area contributed by atoms with E-state index in [1.165, 1.54) is 19.2 Å². The summed E-state index contributed by atoms with van der Waals surface area (Å²) in [5.74, 6) is -1.76. The smallest absolute Gasteiger partial charge is 0.325 e. The van der Waals surface area contributed by atoms with Gasteiger partial charge in [-0.2, -0.15) is 0 Å². The van der Waals surface area contributed by atoms with E-state index in [0.29, 0.717) is 16.3 Å². The summed E-state index contributed by atoms with van der Waals surface area (Å²) in [6.07, 6.45) is -0.442. The first-order chi connectivity index (χ1) is 12.4. The zero-order valence-electron chi connectivity index (χ0n) is 13.9. The van der Waals surface area contributed by atoms with Crippen LogP contribution < -0.4 is 4.90 Å². The van der Waals surface area contributed by atoms with Crippen molar-refractivity contribution in [3.63, 3.8) is 0 Å². The normalized spacial score (nSPS) is 18.6. The van der Waals surface area contributed by atoms with Gasteiger partial charge in [0, 0.05) is 16.1 Å². The number of ether oxygens (including phenoxy) is 1. The number of para-hydroxylation sites is 1. The Kier molecular flexibility index (Phi) is 4.80. The minimum atomic E-state index is -2.04. The molecule has 0 aliphatic carbocycles. The number of aliphatic hydroxyl groups is 1. The third kappa shape index (κ3) is 3.09. The van der Waals surface area contributed by atoms with Crippen LogP contribution >= 0.6 is 11.6 Å². The summed E-state index contributed by atoms with van der Waals surface area (Å²) < 4.78 is 4.61. The van der Waals surface area contributed by atoms with Crippen LogP contribution in [0, 0.1) is 0 Å². The lowest BCUT2D eigenvalue weighted by Gasteiger charge is -2.22. The van der Waals surface area contributed by atoms with E-state index in [2.05, 4.69) is 4.74 Å². The highest BCUT2D eigenvalue weighted by molar-refractivity contribution is 6.30. The molecule has 0 aromatic heterocycles. The molecule has 26 heavy (non-hydrogen) atoms. The maximum atomic E-state index is 12.9. The largest absolute Gasteiger partial charge is 0.468 e. The standard InChI is InChI=1S/C19H16ClNO5/c1-26-17(23)11-21-15-5-3-2-4-14(15)19(25,18(21)24)10-16(22)12-6-8-13(20)9-7-12/h2-9,25H,10-11H2,1H3/t19-/m0/s1. The Labute approximate surface area is 154 Å². The molecule has 0 fully saturated rings. The minimum absolute atomic E-state index is 0.288. The quantitative estimate of drug-likeness (QED) is 0.642. The summed E-state index contributed by atoms with van der Waals surface area (Å²) >= 11 is 5.82. The number of carbonyl (C=O) groups excluding carboxylic acids is 3. The number of nitrogens with zero attached hydrogens (tertiary/aromatic N) is 1. The summed E-state index contributed by atoms with van der Waals surface area (Å²) in [6.45, 7) is -0.343. The second-order valence-electron chi connectivity index (χ2n) is 5.95. The molecule has 0 spiro atoms. The third-order valence-corrected chi connectivity index (χ3v) is 4.59. The molecule has 1 aliphatic rings. The van der Waals surface area contributed by atoms with Gasteiger partial charge in [0.1, 0.15) is 6.54 Å². The van der Waals surface area contributed by atoms with Crippen molar-refractivity contribution in [3.05, 3.63) is 64.7 Å². The number of carbonyl (C=O) groups is 3. The summed E-state index contributed by atoms with van der Waals surface area (Å²) in [7, 11) is 1.21. The second-order valence-corrected chi connectivity index (χ2v) is 6.39. The van der Waals surface area contributed by atoms with Crippen LogP contribution in [0.4, 0.5) is 5.69 Å². The molecule has 1 N–H and O–H groups in total. The van der Waals surface area contributed by atoms with Crippen molar-refractivity contribution in [2.75, 3.05) is 18.6 Å². The van der Waals surface area contributed by atoms with Crippen LogP contribution in [0.2, 0.25) is 5.02 Å². The van der Waals surface area contributed by atoms with Gasteiger partial charge in [-0.15, -0.1) is 0 Å². The Bertz CT molecular complexity index is 880. The van der Waals surface area contributed by atoms with E-state index in [1.54, 1.807) is 36.4 Å². The van der Waals surface area contributed by atoms with E-state index in [4.69, 9.17) is 11.6 Å². The Hall–Kier alpha value is -2.70. The second kappa shape index (κ2) is 6.90. The molecule has 6 nitrogen and oxygen atoms in total. The molecule has 0 radical (unpaired) electrons. The van der Waals surface area contributed by atoms with Crippen molar-refractivity contribution in [1.29, 1.82) is 0 Å². The fourth-order valence-corrected chi connectivity index (χ4v) is 3.12. The van der Waals surface area contributed by atoms with Crippen LogP contribution in [-0.2, 0) is 19.9 Å². The maximum absolute atomic E-state index is 12.9. The summed E-state index contributed by atoms with van der Waals surface area (Å²) in [5, 5.41) is 11.5. The number of esters is 1. The van der Waals surface area contributed by atoms with Crippen LogP contribution in [-0.4, -0.2) is 36.4 Å². The number of methoxy groups -OCH3 is 1. The molecule has 0 saturated heterocycles. The minimum Gasteiger partial charge on any atom is -0.468 e. The van der Waals surface area contributed by atoms with E-state index in [0.717, 1.165) is 4.90 Å². The summed E-state index contributed by atoms with van der Waals surface area (Å²) in [4.78, 5) is 38.2. The average Bonchev–Trinajstić information content (AvgIpc) is 2.84. The van der Waals surface area contributed by atoms with Crippen LogP contribution in [0.15, 0.2) is 48.5 Å². The predicted molar refractivity (Wildman–Crippen MR) is 95.1 cm³/mol. The molecule has 2 aromatic carbocycles. The predicted octanol–water partition coefficient (Wildman–Crippen LogP) is 2.32. The molecule has 7 heteroatoms. The average molecular weight is 374 g/mol. The number of hydrogen-bond acceptors (Lipinski definition) is 5. The fourth-order valence-electron chi connectivity index (χ4n) is 3.00. The van der Waals surface area contributed by atoms with Crippen molar-refractivity contribution in [1.82, 2.24) is 0 Å². The zero-order valence-corrected chi connectivity index (χ0v) is 14.7. The molecule has 0 bridgehead atoms. The van der Waals surface area contributed by atoms with Gasteiger partial charge < -0.3 is 9.84 Å². The van der Waals surface area contributed by atoms with E-state index >= 15 is 0 Å². The summed E-state index contributed by atoms with van der Waals surface area (Å²) in [5.41, 5.74) is -1.04. The third-order valence-electron chi connectivity index (χ3n) is 4.34. The van der Waals surface area contributed by atoms with Crippen molar-refractivity contribution >= 4 is 34.9 Å². The number of amides is 1. The van der Waals surface area contributed by atoms with Gasteiger partial charge in [-0.05, 0) is 30.3 Å². The van der Waals surface area contributed by atoms with Crippen molar-refractivity contribution < 1.29 is 24.2 Å². The highest BCUT2D eigenvalue weighted by atomic mass is 35.5. The van der Waals surface area contributed by atoms with E-state index < -0.39 is 29.7 Å². The summed E-state index contributed by atoms with van der Waals surface area (Å²) in [6, 6.07) is 12.7. The van der Waals surface area contributed by atoms with Gasteiger partial charge in [0.25, 0.3) is 5.91 Å². The fraction of sp³-hybridized carbons (Fsp3) is 0.211. The number of rotatable bonds is 5. The Morgan fingerprint density at radius 1 is 1.15 bits per heavy atom. The lowest BCUT2D eigenvalue weighted by atomic mass is 9.88. The molecule has 1 atom stereocenters. The molecule has 2 aromatic rings. The van der Waals surface area contributed by atoms with Crippen LogP contribution in [0.5, 0.6) is 0 Å². The number of anilines is 1. The first-order valence-corrected chi connectivity index (χ1v) is 8.24. The molecule has 3 rings (SSSR count). The van der Waals surface area contributed by atoms with Gasteiger partial charge in [0.15, 0.2) is 11.4 Å². The number of halogens is 1. The molecule has 1 aliphatic heterocycles. The van der Waals surface area contributed by atoms with Crippen molar-refractivity contribution in [2.45, 2.75) is 12.0 Å². The molecule has 1 heterocycles. The van der Waals surface area contributed by atoms with Gasteiger partial charge in [-0.3, -0.25) is 19.3 Å². The van der Waals surface area contributed by atoms with E-state index in [1.807, 2.05) is 0 Å². The highest BCUT2D eigenvalue weighted by Crippen LogP contribution is 2.42. The van der Waals surface area contributed by atoms with Gasteiger partial charge in [-0.25, -0.2) is 0 Å². The number of ketones is 1. The number of fused-ring (bicyclic) bond motifs is 1. The highest BCUT2D eigenvalue weighted by Gasteiger charge is 2.51. The first-order valence-electron chi connectivity index (χ1n) is 7.86. The Morgan fingerprint density at radius 2 is 1.81 bits per heavy atom. The van der Waals surface area contributed by atoms with Gasteiger partial charge in [-0.1, -0.05) is 29.8 Å². The first kappa shape index (κ1) is 18.1. The molecule has 134 valence electrons. The molecular formula is C19H16ClNO5. The Morgan fingerprint density at radius 3 is 2.46 bits per heavy atom. The van der Waals surface area contributed by atoms with Crippen LogP contribution in [0.1, 0.15) is 22.3 Å². The monoisotopic (exact) mass is 373 g/mol. The SMILES string of the molecule is COC(=O)CN1C(=O)[C@](O)(CC(=O)c2ccc(Cl)cc2)c2ccccc21. The van der Waals surface area contributed by atoms with Crippen molar-refractivity contribution in [3.8, 4) is 0 Å². The molecule has 0 saturated carbocycles. The van der Waals surface area contributed by atoms with Crippen molar-refractivity contribution in [2.24, 2.45) is 0 Å². The van der Waals surface area contributed by atoms with Gasteiger partial charge in [0.2, 0.25) is 0 Å². The number of benzene rings is 2. The van der Waals surface area contributed by atoms with Gasteiger partial charge in [0.05, 0.1) is 19.2 Å². The molecule has 0 unspecified atom stereocenters. The van der Waals surface area contributed by atoms with Crippen LogP contribution in [0.25, 0.3) is 0 Å². The van der Waals surface area contributed by atoms with E-state index in [9.17, 15) is 19.5 Å². The van der Waals surface area contributed by atoms with E-state index in [-0.39, 0.29) is 12.1 Å². The topological polar surface area (TPSA) is 83.9 Å². The van der Waals surface area contributed by atoms with Gasteiger partial charge >= 0.3 is 5.97 Å². The maximum Gasteiger partial charge on any atom is 0.325 e. The lowest BCUT2D eigenvalue weighted by Crippen LogP contribution is -2.43. The molecular weight excluding hydrogens is 358 g/mol. The number of hydrogen-bond donors (Lipinski definition) is 1. The zero-order chi connectivity index (χ0) is 18.9.